The van der Waals surface area contributed by atoms with Crippen LogP contribution in [-0.4, -0.2) is 42.2 Å². The van der Waals surface area contributed by atoms with E-state index in [2.05, 4.69) is 17.3 Å². The smallest absolute Gasteiger partial charge is 0.0771 e. The van der Waals surface area contributed by atoms with Gasteiger partial charge in [-0.2, -0.15) is 5.10 Å². The van der Waals surface area contributed by atoms with Crippen molar-refractivity contribution < 1.29 is 9.47 Å². The summed E-state index contributed by atoms with van der Waals surface area (Å²) in [6.07, 6.45) is 7.59. The van der Waals surface area contributed by atoms with Crippen molar-refractivity contribution >= 4 is 5.69 Å². The first-order valence-corrected chi connectivity index (χ1v) is 6.71. The lowest BCUT2D eigenvalue weighted by Crippen LogP contribution is -2.23. The summed E-state index contributed by atoms with van der Waals surface area (Å²) in [5.41, 5.74) is 1.05. The molecule has 2 heterocycles. The first kappa shape index (κ1) is 13.4. The zero-order valence-corrected chi connectivity index (χ0v) is 11.3. The second-order valence-corrected chi connectivity index (χ2v) is 4.79. The molecule has 0 saturated carbocycles. The van der Waals surface area contributed by atoms with Gasteiger partial charge >= 0.3 is 0 Å². The lowest BCUT2D eigenvalue weighted by molar-refractivity contribution is 0.0940. The van der Waals surface area contributed by atoms with Gasteiger partial charge in [0.05, 0.1) is 31.1 Å². The first-order valence-electron chi connectivity index (χ1n) is 6.71. The Morgan fingerprint density at radius 3 is 3.22 bits per heavy atom. The molecule has 5 heteroatoms. The molecule has 18 heavy (non-hydrogen) atoms. The highest BCUT2D eigenvalue weighted by Gasteiger charge is 2.16. The van der Waals surface area contributed by atoms with Gasteiger partial charge in [0.15, 0.2) is 0 Å². The lowest BCUT2D eigenvalue weighted by Gasteiger charge is -2.15. The SMILES string of the molecule is CCC(COC)Nc1cnn(CC2CCCO2)c1. The summed E-state index contributed by atoms with van der Waals surface area (Å²) in [6, 6.07) is 0.343. The van der Waals surface area contributed by atoms with E-state index in [0.717, 1.165) is 31.7 Å². The van der Waals surface area contributed by atoms with Crippen LogP contribution in [0.2, 0.25) is 0 Å². The average molecular weight is 253 g/mol. The van der Waals surface area contributed by atoms with E-state index in [1.807, 2.05) is 17.1 Å². The Morgan fingerprint density at radius 2 is 2.56 bits per heavy atom. The summed E-state index contributed by atoms with van der Waals surface area (Å²) in [6.45, 7) is 4.60. The van der Waals surface area contributed by atoms with E-state index in [4.69, 9.17) is 9.47 Å². The van der Waals surface area contributed by atoms with Gasteiger partial charge in [-0.3, -0.25) is 4.68 Å². The number of hydrogen-bond acceptors (Lipinski definition) is 4. The minimum absolute atomic E-state index is 0.332. The molecule has 0 aromatic carbocycles. The summed E-state index contributed by atoms with van der Waals surface area (Å²) in [5, 5.41) is 7.79. The van der Waals surface area contributed by atoms with Crippen molar-refractivity contribution in [1.29, 1.82) is 0 Å². The maximum Gasteiger partial charge on any atom is 0.0771 e. The number of hydrogen-bond donors (Lipinski definition) is 1. The molecule has 1 aromatic rings. The standard InChI is InChI=1S/C13H23N3O2/c1-3-11(10-17-2)15-12-7-14-16(8-12)9-13-5-4-6-18-13/h7-8,11,13,15H,3-6,9-10H2,1-2H3. The van der Waals surface area contributed by atoms with Crippen molar-refractivity contribution in [2.24, 2.45) is 0 Å². The molecule has 1 aliphatic rings. The Balaban J connectivity index is 1.84. The number of methoxy groups -OCH3 is 1. The number of aromatic nitrogens is 2. The van der Waals surface area contributed by atoms with E-state index in [9.17, 15) is 0 Å². The van der Waals surface area contributed by atoms with Crippen LogP contribution in [0.5, 0.6) is 0 Å². The van der Waals surface area contributed by atoms with E-state index >= 15 is 0 Å². The number of anilines is 1. The van der Waals surface area contributed by atoms with Crippen LogP contribution >= 0.6 is 0 Å². The largest absolute Gasteiger partial charge is 0.383 e. The third kappa shape index (κ3) is 3.71. The van der Waals surface area contributed by atoms with Crippen LogP contribution in [0.4, 0.5) is 5.69 Å². The Bertz CT molecular complexity index is 348. The molecule has 5 nitrogen and oxygen atoms in total. The van der Waals surface area contributed by atoms with Gasteiger partial charge in [-0.25, -0.2) is 0 Å². The molecule has 1 aromatic heterocycles. The molecule has 1 fully saturated rings. The van der Waals surface area contributed by atoms with Gasteiger partial charge in [0.2, 0.25) is 0 Å². The molecule has 1 aliphatic heterocycles. The summed E-state index contributed by atoms with van der Waals surface area (Å²) >= 11 is 0. The average Bonchev–Trinajstić information content (AvgIpc) is 3.01. The van der Waals surface area contributed by atoms with Crippen molar-refractivity contribution in [1.82, 2.24) is 9.78 Å². The summed E-state index contributed by atoms with van der Waals surface area (Å²) in [4.78, 5) is 0. The van der Waals surface area contributed by atoms with Crippen molar-refractivity contribution in [2.45, 2.75) is 44.9 Å². The molecular weight excluding hydrogens is 230 g/mol. The normalized spacial score (nSPS) is 21.1. The topological polar surface area (TPSA) is 48.3 Å². The van der Waals surface area contributed by atoms with Crippen LogP contribution in [0.15, 0.2) is 12.4 Å². The van der Waals surface area contributed by atoms with Gasteiger partial charge in [0.1, 0.15) is 0 Å². The minimum atomic E-state index is 0.332. The fourth-order valence-corrected chi connectivity index (χ4v) is 2.23. The monoisotopic (exact) mass is 253 g/mol. The minimum Gasteiger partial charge on any atom is -0.383 e. The molecule has 2 atom stereocenters. The third-order valence-corrected chi connectivity index (χ3v) is 3.28. The number of rotatable bonds is 7. The first-order chi connectivity index (χ1) is 8.81. The Labute approximate surface area is 108 Å². The second kappa shape index (κ2) is 6.75. The van der Waals surface area contributed by atoms with E-state index < -0.39 is 0 Å². The van der Waals surface area contributed by atoms with Crippen LogP contribution in [-0.2, 0) is 16.0 Å². The highest BCUT2D eigenvalue weighted by Crippen LogP contribution is 2.15. The molecule has 2 rings (SSSR count). The van der Waals surface area contributed by atoms with Gasteiger partial charge in [-0.1, -0.05) is 6.92 Å². The predicted molar refractivity (Wildman–Crippen MR) is 70.8 cm³/mol. The van der Waals surface area contributed by atoms with E-state index in [1.165, 1.54) is 6.42 Å². The summed E-state index contributed by atoms with van der Waals surface area (Å²) in [5.74, 6) is 0. The third-order valence-electron chi connectivity index (χ3n) is 3.28. The van der Waals surface area contributed by atoms with Crippen LogP contribution in [0, 0.1) is 0 Å². The van der Waals surface area contributed by atoms with Gasteiger partial charge in [-0.05, 0) is 19.3 Å². The lowest BCUT2D eigenvalue weighted by atomic mass is 10.2. The van der Waals surface area contributed by atoms with E-state index in [-0.39, 0.29) is 0 Å². The Morgan fingerprint density at radius 1 is 1.67 bits per heavy atom. The van der Waals surface area contributed by atoms with Crippen LogP contribution in [0.1, 0.15) is 26.2 Å². The van der Waals surface area contributed by atoms with Crippen molar-refractivity contribution in [2.75, 3.05) is 25.6 Å². The Hall–Kier alpha value is -1.07. The molecule has 1 saturated heterocycles. The molecule has 102 valence electrons. The zero-order chi connectivity index (χ0) is 12.8. The highest BCUT2D eigenvalue weighted by atomic mass is 16.5. The molecule has 0 amide bonds. The van der Waals surface area contributed by atoms with Gasteiger partial charge in [0, 0.05) is 26.0 Å². The maximum absolute atomic E-state index is 5.61. The Kier molecular flexibility index (Phi) is 5.01. The molecule has 1 N–H and O–H groups in total. The van der Waals surface area contributed by atoms with Crippen molar-refractivity contribution in [3.05, 3.63) is 12.4 Å². The van der Waals surface area contributed by atoms with E-state index in [0.29, 0.717) is 18.8 Å². The molecule has 2 unspecified atom stereocenters. The van der Waals surface area contributed by atoms with Crippen molar-refractivity contribution in [3.63, 3.8) is 0 Å². The van der Waals surface area contributed by atoms with Crippen LogP contribution < -0.4 is 5.32 Å². The quantitative estimate of drug-likeness (QED) is 0.806. The van der Waals surface area contributed by atoms with Crippen molar-refractivity contribution in [3.8, 4) is 0 Å². The number of ether oxygens (including phenoxy) is 2. The highest BCUT2D eigenvalue weighted by molar-refractivity contribution is 5.39. The van der Waals surface area contributed by atoms with Gasteiger partial charge < -0.3 is 14.8 Å². The van der Waals surface area contributed by atoms with Crippen LogP contribution in [0.3, 0.4) is 0 Å². The molecule has 0 spiro atoms. The fourth-order valence-electron chi connectivity index (χ4n) is 2.23. The summed E-state index contributed by atoms with van der Waals surface area (Å²) < 4.78 is 12.7. The number of nitrogens with one attached hydrogen (secondary N) is 1. The molecule has 0 aliphatic carbocycles. The fraction of sp³-hybridized carbons (Fsp3) is 0.769. The number of nitrogens with zero attached hydrogens (tertiary/aromatic N) is 2. The maximum atomic E-state index is 5.61. The molecule has 0 bridgehead atoms. The molecule has 0 radical (unpaired) electrons. The zero-order valence-electron chi connectivity index (χ0n) is 11.3. The van der Waals surface area contributed by atoms with E-state index in [1.54, 1.807) is 7.11 Å². The van der Waals surface area contributed by atoms with Crippen LogP contribution in [0.25, 0.3) is 0 Å². The van der Waals surface area contributed by atoms with Gasteiger partial charge in [-0.15, -0.1) is 0 Å². The molecular formula is C13H23N3O2. The second-order valence-electron chi connectivity index (χ2n) is 4.79. The van der Waals surface area contributed by atoms with Gasteiger partial charge in [0.25, 0.3) is 0 Å². The summed E-state index contributed by atoms with van der Waals surface area (Å²) in [7, 11) is 1.73. The predicted octanol–water partition coefficient (Wildman–Crippen LogP) is 1.90.